The molecular weight excluding hydrogens is 411 g/mol. The lowest BCUT2D eigenvalue weighted by atomic mass is 9.81. The normalized spacial score (nSPS) is 20.7. The third-order valence-electron chi connectivity index (χ3n) is 6.34. The Bertz CT molecular complexity index is 1170. The molecular formula is C26H24ClFN2O. The molecule has 0 amide bonds. The van der Waals surface area contributed by atoms with Gasteiger partial charge < -0.3 is 4.57 Å². The molecule has 5 rings (SSSR count). The number of benzene rings is 2. The molecule has 3 aromatic rings. The van der Waals surface area contributed by atoms with Crippen LogP contribution in [0.4, 0.5) is 4.39 Å². The molecule has 5 heteroatoms. The van der Waals surface area contributed by atoms with E-state index in [0.717, 1.165) is 60.0 Å². The van der Waals surface area contributed by atoms with E-state index in [9.17, 15) is 9.18 Å². The van der Waals surface area contributed by atoms with Gasteiger partial charge in [-0.1, -0.05) is 48.0 Å². The van der Waals surface area contributed by atoms with Crippen LogP contribution >= 0.6 is 11.6 Å². The molecule has 0 aliphatic carbocycles. The summed E-state index contributed by atoms with van der Waals surface area (Å²) >= 11 is 5.99. The number of aromatic nitrogens is 1. The van der Waals surface area contributed by atoms with Crippen molar-refractivity contribution in [1.82, 2.24) is 9.47 Å². The summed E-state index contributed by atoms with van der Waals surface area (Å²) in [6, 6.07) is 18.1. The number of fused-ring (bicyclic) bond motifs is 4. The second-order valence-corrected chi connectivity index (χ2v) is 9.06. The van der Waals surface area contributed by atoms with Gasteiger partial charge in [0.1, 0.15) is 5.82 Å². The first-order valence-corrected chi connectivity index (χ1v) is 11.1. The lowest BCUT2D eigenvalue weighted by Gasteiger charge is -2.43. The molecule has 2 atom stereocenters. The molecule has 2 bridgehead atoms. The Labute approximate surface area is 186 Å². The Morgan fingerprint density at radius 1 is 0.935 bits per heavy atom. The van der Waals surface area contributed by atoms with Crippen molar-refractivity contribution >= 4 is 23.8 Å². The largest absolute Gasteiger partial charge is 0.311 e. The van der Waals surface area contributed by atoms with Crippen LogP contribution in [0.3, 0.4) is 0 Å². The van der Waals surface area contributed by atoms with Crippen LogP contribution in [0.2, 0.25) is 5.02 Å². The van der Waals surface area contributed by atoms with Gasteiger partial charge in [-0.15, -0.1) is 0 Å². The van der Waals surface area contributed by atoms with Crippen molar-refractivity contribution in [3.63, 3.8) is 0 Å². The van der Waals surface area contributed by atoms with Crippen LogP contribution in [-0.4, -0.2) is 22.6 Å². The Balaban J connectivity index is 1.43. The van der Waals surface area contributed by atoms with E-state index in [0.29, 0.717) is 11.8 Å². The number of hydrogen-bond donors (Lipinski definition) is 0. The highest BCUT2D eigenvalue weighted by molar-refractivity contribution is 6.30. The van der Waals surface area contributed by atoms with Gasteiger partial charge in [-0.2, -0.15) is 0 Å². The highest BCUT2D eigenvalue weighted by Crippen LogP contribution is 2.37. The molecule has 2 aliphatic rings. The molecule has 0 unspecified atom stereocenters. The highest BCUT2D eigenvalue weighted by Gasteiger charge is 2.35. The monoisotopic (exact) mass is 434 g/mol. The Morgan fingerprint density at radius 2 is 1.71 bits per heavy atom. The molecule has 31 heavy (non-hydrogen) atoms. The van der Waals surface area contributed by atoms with E-state index < -0.39 is 0 Å². The second-order valence-electron chi connectivity index (χ2n) is 8.63. The summed E-state index contributed by atoms with van der Waals surface area (Å²) in [5.74, 6) is 0.566. The first-order valence-electron chi connectivity index (χ1n) is 10.7. The molecule has 1 fully saturated rings. The number of rotatable bonds is 4. The van der Waals surface area contributed by atoms with Crippen LogP contribution in [0.15, 0.2) is 65.5 Å². The number of likely N-dealkylation sites (tertiary alicyclic amines) is 1. The van der Waals surface area contributed by atoms with Crippen LogP contribution in [0.25, 0.3) is 12.2 Å². The average molecular weight is 435 g/mol. The summed E-state index contributed by atoms with van der Waals surface area (Å²) in [7, 11) is 0. The smallest absolute Gasteiger partial charge is 0.250 e. The third-order valence-corrected chi connectivity index (χ3v) is 6.60. The second kappa shape index (κ2) is 8.45. The summed E-state index contributed by atoms with van der Waals surface area (Å²) in [5.41, 5.74) is 4.51. The number of halogens is 2. The van der Waals surface area contributed by atoms with Gasteiger partial charge in [0.05, 0.1) is 0 Å². The molecule has 0 saturated carbocycles. The van der Waals surface area contributed by atoms with Gasteiger partial charge in [0.2, 0.25) is 0 Å². The van der Waals surface area contributed by atoms with Crippen molar-refractivity contribution < 1.29 is 4.39 Å². The summed E-state index contributed by atoms with van der Waals surface area (Å²) in [6.45, 7) is 3.43. The molecule has 0 radical (unpaired) electrons. The number of piperidine rings is 1. The predicted molar refractivity (Wildman–Crippen MR) is 124 cm³/mol. The standard InChI is InChI=1S/C26H24ClFN2O/c27-23-8-2-18(3-9-23)1-6-21-7-12-25(31)30-16-20-13-22(26(21)30)17-29(15-20)14-19-4-10-24(28)11-5-19/h1-12,20,22H,13-17H2/b6-1+/t20-,22+/m0/s1. The van der Waals surface area contributed by atoms with Gasteiger partial charge in [-0.05, 0) is 59.4 Å². The topological polar surface area (TPSA) is 25.2 Å². The zero-order valence-corrected chi connectivity index (χ0v) is 17.9. The van der Waals surface area contributed by atoms with Crippen molar-refractivity contribution in [2.75, 3.05) is 13.1 Å². The first kappa shape index (κ1) is 20.2. The predicted octanol–water partition coefficient (Wildman–Crippen LogP) is 5.43. The minimum absolute atomic E-state index is 0.0836. The fraction of sp³-hybridized carbons (Fsp3) is 0.269. The minimum atomic E-state index is -0.204. The third kappa shape index (κ3) is 4.36. The zero-order chi connectivity index (χ0) is 21.4. The van der Waals surface area contributed by atoms with E-state index in [-0.39, 0.29) is 11.4 Å². The van der Waals surface area contributed by atoms with Crippen molar-refractivity contribution in [3.8, 4) is 0 Å². The van der Waals surface area contributed by atoms with Crippen molar-refractivity contribution in [3.05, 3.63) is 104 Å². The summed E-state index contributed by atoms with van der Waals surface area (Å²) < 4.78 is 15.2. The summed E-state index contributed by atoms with van der Waals surface area (Å²) in [5, 5.41) is 0.718. The molecule has 158 valence electrons. The minimum Gasteiger partial charge on any atom is -0.311 e. The molecule has 1 aromatic heterocycles. The van der Waals surface area contributed by atoms with Gasteiger partial charge in [0, 0.05) is 48.9 Å². The van der Waals surface area contributed by atoms with Crippen LogP contribution in [0.5, 0.6) is 0 Å². The molecule has 3 nitrogen and oxygen atoms in total. The number of nitrogens with zero attached hydrogens (tertiary/aromatic N) is 2. The first-order chi connectivity index (χ1) is 15.0. The maximum atomic E-state index is 13.3. The Hall–Kier alpha value is -2.69. The van der Waals surface area contributed by atoms with Crippen LogP contribution in [-0.2, 0) is 13.1 Å². The Kier molecular flexibility index (Phi) is 5.51. The van der Waals surface area contributed by atoms with E-state index in [2.05, 4.69) is 17.1 Å². The van der Waals surface area contributed by atoms with E-state index in [1.165, 1.54) is 12.1 Å². The van der Waals surface area contributed by atoms with Crippen molar-refractivity contribution in [2.24, 2.45) is 5.92 Å². The number of pyridine rings is 1. The molecule has 2 aliphatic heterocycles. The quantitative estimate of drug-likeness (QED) is 0.547. The van der Waals surface area contributed by atoms with Crippen molar-refractivity contribution in [1.29, 1.82) is 0 Å². The summed E-state index contributed by atoms with van der Waals surface area (Å²) in [6.07, 6.45) is 5.28. The van der Waals surface area contributed by atoms with Gasteiger partial charge >= 0.3 is 0 Å². The SMILES string of the molecule is O=c1ccc(/C=C/c2ccc(Cl)cc2)c2n1C[C@H]1C[C@@H]2CN(Cc2ccc(F)cc2)C1. The Morgan fingerprint density at radius 3 is 2.48 bits per heavy atom. The van der Waals surface area contributed by atoms with E-state index >= 15 is 0 Å². The van der Waals surface area contributed by atoms with E-state index in [1.807, 2.05) is 47.0 Å². The van der Waals surface area contributed by atoms with Crippen LogP contribution in [0, 0.1) is 11.7 Å². The molecule has 0 spiro atoms. The van der Waals surface area contributed by atoms with Crippen LogP contribution < -0.4 is 5.56 Å². The molecule has 1 saturated heterocycles. The van der Waals surface area contributed by atoms with Gasteiger partial charge in [-0.3, -0.25) is 9.69 Å². The zero-order valence-electron chi connectivity index (χ0n) is 17.2. The molecule has 0 N–H and O–H groups in total. The van der Waals surface area contributed by atoms with Gasteiger partial charge in [0.15, 0.2) is 0 Å². The lowest BCUT2D eigenvalue weighted by Crippen LogP contribution is -2.47. The number of hydrogen-bond acceptors (Lipinski definition) is 2. The maximum Gasteiger partial charge on any atom is 0.250 e. The highest BCUT2D eigenvalue weighted by atomic mass is 35.5. The lowest BCUT2D eigenvalue weighted by molar-refractivity contribution is 0.114. The maximum absolute atomic E-state index is 13.3. The van der Waals surface area contributed by atoms with Crippen molar-refractivity contribution in [2.45, 2.75) is 25.4 Å². The van der Waals surface area contributed by atoms with Gasteiger partial charge in [0.25, 0.3) is 5.56 Å². The van der Waals surface area contributed by atoms with E-state index in [1.54, 1.807) is 6.07 Å². The van der Waals surface area contributed by atoms with E-state index in [4.69, 9.17) is 11.6 Å². The average Bonchev–Trinajstić information content (AvgIpc) is 2.76. The summed E-state index contributed by atoms with van der Waals surface area (Å²) in [4.78, 5) is 15.1. The molecule has 2 aromatic carbocycles. The van der Waals surface area contributed by atoms with Gasteiger partial charge in [-0.25, -0.2) is 4.39 Å². The van der Waals surface area contributed by atoms with Crippen LogP contribution in [0.1, 0.15) is 34.7 Å². The molecule has 3 heterocycles. The fourth-order valence-electron chi connectivity index (χ4n) is 5.02. The fourth-order valence-corrected chi connectivity index (χ4v) is 5.15.